The molecule has 148 valence electrons. The Morgan fingerprint density at radius 2 is 1.76 bits per heavy atom. The highest BCUT2D eigenvalue weighted by atomic mass is 15.1. The zero-order valence-electron chi connectivity index (χ0n) is 17.1. The van der Waals surface area contributed by atoms with Crippen molar-refractivity contribution >= 4 is 5.95 Å². The molecule has 1 N–H and O–H groups in total. The van der Waals surface area contributed by atoms with Crippen LogP contribution in [0.1, 0.15) is 29.5 Å². The van der Waals surface area contributed by atoms with Crippen LogP contribution in [-0.4, -0.2) is 41.5 Å². The lowest BCUT2D eigenvalue weighted by atomic mass is 9.64. The standard InChI is InChI=1S/C25H28N4/c1-26-24-27-18-20-17-25(22-10-6-5-9-21(22)23(20)28-24)12-15-29(16-13-25)14-11-19-7-3-2-4-8-19/h2-10,18H,11-17H2,1H3,(H,26,27,28). The molecular formula is C25H28N4. The predicted molar refractivity (Wildman–Crippen MR) is 118 cm³/mol. The van der Waals surface area contributed by atoms with Crippen LogP contribution in [0.3, 0.4) is 0 Å². The van der Waals surface area contributed by atoms with E-state index in [9.17, 15) is 0 Å². The molecule has 0 radical (unpaired) electrons. The van der Waals surface area contributed by atoms with Crippen molar-refractivity contribution in [1.29, 1.82) is 0 Å². The molecule has 2 heterocycles. The predicted octanol–water partition coefficient (Wildman–Crippen LogP) is 4.32. The van der Waals surface area contributed by atoms with Crippen LogP contribution in [-0.2, 0) is 18.3 Å². The largest absolute Gasteiger partial charge is 0.357 e. The number of hydrogen-bond acceptors (Lipinski definition) is 4. The minimum Gasteiger partial charge on any atom is -0.357 e. The van der Waals surface area contributed by atoms with Crippen molar-refractivity contribution in [3.63, 3.8) is 0 Å². The Morgan fingerprint density at radius 1 is 1.00 bits per heavy atom. The summed E-state index contributed by atoms with van der Waals surface area (Å²) in [5, 5.41) is 3.08. The van der Waals surface area contributed by atoms with Crippen LogP contribution in [0.4, 0.5) is 5.95 Å². The van der Waals surface area contributed by atoms with Gasteiger partial charge in [0.05, 0.1) is 5.69 Å². The molecule has 1 aromatic heterocycles. The van der Waals surface area contributed by atoms with Crippen LogP contribution in [0.2, 0.25) is 0 Å². The molecule has 0 amide bonds. The fourth-order valence-electron chi connectivity index (χ4n) is 5.08. The first-order chi connectivity index (χ1) is 14.3. The molecule has 4 nitrogen and oxygen atoms in total. The molecular weight excluding hydrogens is 356 g/mol. The highest BCUT2D eigenvalue weighted by Crippen LogP contribution is 2.47. The number of fused-ring (bicyclic) bond motifs is 4. The average molecular weight is 385 g/mol. The normalized spacial score (nSPS) is 17.6. The molecule has 1 aliphatic carbocycles. The molecule has 2 aliphatic rings. The number of nitrogens with one attached hydrogen (secondary N) is 1. The number of aromatic nitrogens is 2. The Labute approximate surface area is 173 Å². The number of nitrogens with zero attached hydrogens (tertiary/aromatic N) is 3. The highest BCUT2D eigenvalue weighted by Gasteiger charge is 2.41. The lowest BCUT2D eigenvalue weighted by molar-refractivity contribution is 0.158. The van der Waals surface area contributed by atoms with Gasteiger partial charge < -0.3 is 10.2 Å². The van der Waals surface area contributed by atoms with E-state index in [2.05, 4.69) is 69.8 Å². The van der Waals surface area contributed by atoms with Gasteiger partial charge in [-0.3, -0.25) is 0 Å². The molecule has 1 spiro atoms. The maximum atomic E-state index is 4.80. The second-order valence-corrected chi connectivity index (χ2v) is 8.40. The lowest BCUT2D eigenvalue weighted by Crippen LogP contribution is -2.45. The third-order valence-corrected chi connectivity index (χ3v) is 6.74. The molecule has 3 aromatic rings. The zero-order chi connectivity index (χ0) is 19.7. The Morgan fingerprint density at radius 3 is 2.55 bits per heavy atom. The molecule has 1 aliphatic heterocycles. The van der Waals surface area contributed by atoms with Crippen LogP contribution in [0.5, 0.6) is 0 Å². The maximum Gasteiger partial charge on any atom is 0.222 e. The molecule has 4 heteroatoms. The number of rotatable bonds is 4. The Hall–Kier alpha value is -2.72. The van der Waals surface area contributed by atoms with Gasteiger partial charge >= 0.3 is 0 Å². The van der Waals surface area contributed by atoms with Crippen LogP contribution < -0.4 is 5.32 Å². The Bertz CT molecular complexity index is 991. The van der Waals surface area contributed by atoms with Crippen molar-refractivity contribution in [2.45, 2.75) is 31.1 Å². The summed E-state index contributed by atoms with van der Waals surface area (Å²) in [5.74, 6) is 0.699. The van der Waals surface area contributed by atoms with Gasteiger partial charge in [-0.25, -0.2) is 9.97 Å². The van der Waals surface area contributed by atoms with Gasteiger partial charge in [0.1, 0.15) is 0 Å². The molecule has 0 unspecified atom stereocenters. The van der Waals surface area contributed by atoms with Crippen LogP contribution in [0, 0.1) is 0 Å². The van der Waals surface area contributed by atoms with E-state index < -0.39 is 0 Å². The topological polar surface area (TPSA) is 41.1 Å². The summed E-state index contributed by atoms with van der Waals surface area (Å²) in [6.07, 6.45) is 6.62. The van der Waals surface area contributed by atoms with Gasteiger partial charge in [-0.2, -0.15) is 0 Å². The van der Waals surface area contributed by atoms with E-state index >= 15 is 0 Å². The number of likely N-dealkylation sites (tertiary alicyclic amines) is 1. The van der Waals surface area contributed by atoms with Crippen molar-refractivity contribution < 1.29 is 0 Å². The summed E-state index contributed by atoms with van der Waals surface area (Å²) in [7, 11) is 1.88. The second kappa shape index (κ2) is 7.60. The van der Waals surface area contributed by atoms with Gasteiger partial charge in [-0.05, 0) is 55.5 Å². The summed E-state index contributed by atoms with van der Waals surface area (Å²) >= 11 is 0. The van der Waals surface area contributed by atoms with E-state index in [-0.39, 0.29) is 5.41 Å². The van der Waals surface area contributed by atoms with E-state index in [1.807, 2.05) is 13.2 Å². The van der Waals surface area contributed by atoms with E-state index in [1.165, 1.54) is 35.1 Å². The highest BCUT2D eigenvalue weighted by molar-refractivity contribution is 5.72. The first-order valence-corrected chi connectivity index (χ1v) is 10.7. The first-order valence-electron chi connectivity index (χ1n) is 10.7. The minimum absolute atomic E-state index is 0.220. The van der Waals surface area contributed by atoms with E-state index in [0.29, 0.717) is 5.95 Å². The van der Waals surface area contributed by atoms with Crippen molar-refractivity contribution in [3.05, 3.63) is 77.5 Å². The van der Waals surface area contributed by atoms with E-state index in [4.69, 9.17) is 4.98 Å². The van der Waals surface area contributed by atoms with Crippen molar-refractivity contribution in [1.82, 2.24) is 14.9 Å². The van der Waals surface area contributed by atoms with Crippen LogP contribution in [0.15, 0.2) is 60.8 Å². The van der Waals surface area contributed by atoms with Crippen molar-refractivity contribution in [3.8, 4) is 11.3 Å². The van der Waals surface area contributed by atoms with Crippen LogP contribution >= 0.6 is 0 Å². The molecule has 0 bridgehead atoms. The van der Waals surface area contributed by atoms with Gasteiger partial charge in [0.25, 0.3) is 0 Å². The number of anilines is 1. The number of hydrogen-bond donors (Lipinski definition) is 1. The summed E-state index contributed by atoms with van der Waals surface area (Å²) in [6.45, 7) is 3.46. The summed E-state index contributed by atoms with van der Waals surface area (Å²) in [4.78, 5) is 11.9. The molecule has 0 saturated carbocycles. The summed E-state index contributed by atoms with van der Waals surface area (Å²) < 4.78 is 0. The molecule has 2 aromatic carbocycles. The smallest absolute Gasteiger partial charge is 0.222 e. The molecule has 5 rings (SSSR count). The van der Waals surface area contributed by atoms with Crippen molar-refractivity contribution in [2.75, 3.05) is 32.0 Å². The minimum atomic E-state index is 0.220. The van der Waals surface area contributed by atoms with Gasteiger partial charge in [0, 0.05) is 30.8 Å². The third-order valence-electron chi connectivity index (χ3n) is 6.74. The quantitative estimate of drug-likeness (QED) is 0.727. The van der Waals surface area contributed by atoms with Gasteiger partial charge in [0.2, 0.25) is 5.95 Å². The lowest BCUT2D eigenvalue weighted by Gasteiger charge is -2.45. The molecule has 29 heavy (non-hydrogen) atoms. The molecule has 1 saturated heterocycles. The second-order valence-electron chi connectivity index (χ2n) is 8.40. The average Bonchev–Trinajstić information content (AvgIpc) is 2.79. The SMILES string of the molecule is CNc1ncc2c(n1)-c1ccccc1C1(CCN(CCc3ccccc3)CC1)C2. The van der Waals surface area contributed by atoms with E-state index in [0.717, 1.165) is 38.2 Å². The molecule has 1 fully saturated rings. The Balaban J connectivity index is 1.36. The Kier molecular flexibility index (Phi) is 4.80. The fraction of sp³-hybridized carbons (Fsp3) is 0.360. The van der Waals surface area contributed by atoms with Crippen LogP contribution in [0.25, 0.3) is 11.3 Å². The monoisotopic (exact) mass is 384 g/mol. The van der Waals surface area contributed by atoms with Gasteiger partial charge in [0.15, 0.2) is 0 Å². The fourth-order valence-corrected chi connectivity index (χ4v) is 5.08. The molecule has 0 atom stereocenters. The maximum absolute atomic E-state index is 4.80. The van der Waals surface area contributed by atoms with Gasteiger partial charge in [-0.15, -0.1) is 0 Å². The van der Waals surface area contributed by atoms with E-state index in [1.54, 1.807) is 0 Å². The first kappa shape index (κ1) is 18.3. The van der Waals surface area contributed by atoms with Crippen molar-refractivity contribution in [2.24, 2.45) is 0 Å². The third kappa shape index (κ3) is 3.42. The number of benzene rings is 2. The number of piperidine rings is 1. The van der Waals surface area contributed by atoms with Gasteiger partial charge in [-0.1, -0.05) is 54.6 Å². The summed E-state index contributed by atoms with van der Waals surface area (Å²) in [5.41, 5.74) is 6.83. The zero-order valence-corrected chi connectivity index (χ0v) is 17.1. The summed E-state index contributed by atoms with van der Waals surface area (Å²) in [6, 6.07) is 19.7.